The molecule has 1 aliphatic rings. The van der Waals surface area contributed by atoms with E-state index in [2.05, 4.69) is 61.4 Å². The first kappa shape index (κ1) is 23.2. The summed E-state index contributed by atoms with van der Waals surface area (Å²) in [5, 5.41) is 6.84. The highest BCUT2D eigenvalue weighted by atomic mass is 127. The number of aliphatic imine (C=N–C) groups is 1. The monoisotopic (exact) mass is 474 g/mol. The number of nitrogens with zero attached hydrogens (tertiary/aromatic N) is 2. The topological polar surface area (TPSA) is 48.9 Å². The Morgan fingerprint density at radius 1 is 1.23 bits per heavy atom. The summed E-state index contributed by atoms with van der Waals surface area (Å²) in [6.45, 7) is 16.1. The molecular weight excluding hydrogens is 439 g/mol. The number of hydrogen-bond donors (Lipinski definition) is 2. The fourth-order valence-electron chi connectivity index (χ4n) is 3.09. The number of guanidine groups is 1. The molecule has 26 heavy (non-hydrogen) atoms. The molecule has 0 aromatic heterocycles. The van der Waals surface area contributed by atoms with Crippen LogP contribution in [0.2, 0.25) is 0 Å². The first-order valence-corrected chi connectivity index (χ1v) is 9.47. The zero-order valence-corrected chi connectivity index (χ0v) is 19.0. The standard InChI is InChI=1S/C20H34N4O.HI/c1-5-21-20(23-14-19-7-6-16(2)12-18(19)4)22-13-17(3)15-24-8-10-25-11-9-24;/h6-7,12,17H,5,8-11,13-15H2,1-4H3,(H2,21,22,23);1H. The number of benzene rings is 1. The van der Waals surface area contributed by atoms with Gasteiger partial charge in [0.25, 0.3) is 0 Å². The van der Waals surface area contributed by atoms with Crippen LogP contribution in [0.15, 0.2) is 23.2 Å². The Labute approximate surface area is 176 Å². The third-order valence-corrected chi connectivity index (χ3v) is 4.54. The van der Waals surface area contributed by atoms with Crippen LogP contribution in [0.5, 0.6) is 0 Å². The SMILES string of the molecule is CCNC(=NCc1ccc(C)cc1C)NCC(C)CN1CCOCC1.I. The van der Waals surface area contributed by atoms with Gasteiger partial charge in [0.15, 0.2) is 5.96 Å². The number of ether oxygens (including phenoxy) is 1. The van der Waals surface area contributed by atoms with Crippen molar-refractivity contribution in [1.29, 1.82) is 0 Å². The average molecular weight is 474 g/mol. The molecule has 1 aliphatic heterocycles. The lowest BCUT2D eigenvalue weighted by atomic mass is 10.1. The van der Waals surface area contributed by atoms with E-state index in [1.165, 1.54) is 16.7 Å². The van der Waals surface area contributed by atoms with E-state index in [9.17, 15) is 0 Å². The third-order valence-electron chi connectivity index (χ3n) is 4.54. The number of hydrogen-bond acceptors (Lipinski definition) is 3. The number of nitrogens with one attached hydrogen (secondary N) is 2. The zero-order valence-electron chi connectivity index (χ0n) is 16.7. The van der Waals surface area contributed by atoms with Crippen molar-refractivity contribution >= 4 is 29.9 Å². The van der Waals surface area contributed by atoms with E-state index in [4.69, 9.17) is 9.73 Å². The van der Waals surface area contributed by atoms with Crippen LogP contribution in [0.4, 0.5) is 0 Å². The Balaban J connectivity index is 0.00000338. The predicted octanol–water partition coefficient (Wildman–Crippen LogP) is 2.94. The third kappa shape index (κ3) is 8.22. The van der Waals surface area contributed by atoms with Crippen LogP contribution in [-0.2, 0) is 11.3 Å². The highest BCUT2D eigenvalue weighted by molar-refractivity contribution is 14.0. The fourth-order valence-corrected chi connectivity index (χ4v) is 3.09. The van der Waals surface area contributed by atoms with E-state index in [-0.39, 0.29) is 24.0 Å². The fraction of sp³-hybridized carbons (Fsp3) is 0.650. The smallest absolute Gasteiger partial charge is 0.191 e. The molecule has 1 saturated heterocycles. The van der Waals surface area contributed by atoms with Crippen molar-refractivity contribution in [3.05, 3.63) is 34.9 Å². The van der Waals surface area contributed by atoms with Crippen LogP contribution in [-0.4, -0.2) is 56.8 Å². The van der Waals surface area contributed by atoms with Gasteiger partial charge in [0.2, 0.25) is 0 Å². The van der Waals surface area contributed by atoms with E-state index in [0.29, 0.717) is 12.5 Å². The first-order chi connectivity index (χ1) is 12.1. The van der Waals surface area contributed by atoms with Crippen molar-refractivity contribution in [3.63, 3.8) is 0 Å². The van der Waals surface area contributed by atoms with Gasteiger partial charge in [-0.2, -0.15) is 0 Å². The molecule has 1 atom stereocenters. The Kier molecular flexibility index (Phi) is 11.2. The van der Waals surface area contributed by atoms with Crippen molar-refractivity contribution in [2.45, 2.75) is 34.2 Å². The van der Waals surface area contributed by atoms with E-state index in [0.717, 1.165) is 51.9 Å². The number of morpholine rings is 1. The van der Waals surface area contributed by atoms with Gasteiger partial charge in [0.05, 0.1) is 19.8 Å². The van der Waals surface area contributed by atoms with Crippen LogP contribution < -0.4 is 10.6 Å². The van der Waals surface area contributed by atoms with Gasteiger partial charge in [-0.25, -0.2) is 4.99 Å². The van der Waals surface area contributed by atoms with Crippen molar-refractivity contribution in [3.8, 4) is 0 Å². The highest BCUT2D eigenvalue weighted by Gasteiger charge is 2.14. The molecule has 0 spiro atoms. The summed E-state index contributed by atoms with van der Waals surface area (Å²) in [7, 11) is 0. The Morgan fingerprint density at radius 3 is 2.62 bits per heavy atom. The van der Waals surface area contributed by atoms with E-state index < -0.39 is 0 Å². The zero-order chi connectivity index (χ0) is 18.1. The van der Waals surface area contributed by atoms with Crippen LogP contribution in [0.1, 0.15) is 30.5 Å². The van der Waals surface area contributed by atoms with Crippen molar-refractivity contribution in [2.24, 2.45) is 10.9 Å². The molecule has 1 heterocycles. The summed E-state index contributed by atoms with van der Waals surface area (Å²) >= 11 is 0. The van der Waals surface area contributed by atoms with Gasteiger partial charge >= 0.3 is 0 Å². The minimum absolute atomic E-state index is 0. The van der Waals surface area contributed by atoms with Gasteiger partial charge in [0, 0.05) is 32.7 Å². The molecule has 0 saturated carbocycles. The van der Waals surface area contributed by atoms with Crippen molar-refractivity contribution < 1.29 is 4.74 Å². The molecule has 2 N–H and O–H groups in total. The normalized spacial score (nSPS) is 16.7. The van der Waals surface area contributed by atoms with Gasteiger partial charge in [-0.05, 0) is 37.8 Å². The molecular formula is C20H35IN4O. The lowest BCUT2D eigenvalue weighted by Gasteiger charge is -2.29. The number of halogens is 1. The molecule has 1 fully saturated rings. The Hall–Kier alpha value is -0.860. The quantitative estimate of drug-likeness (QED) is 0.363. The molecule has 5 nitrogen and oxygen atoms in total. The number of aryl methyl sites for hydroxylation is 2. The summed E-state index contributed by atoms with van der Waals surface area (Å²) in [5.41, 5.74) is 3.89. The second kappa shape index (κ2) is 12.5. The molecule has 1 aromatic carbocycles. The Morgan fingerprint density at radius 2 is 1.96 bits per heavy atom. The minimum Gasteiger partial charge on any atom is -0.379 e. The number of rotatable bonds is 7. The summed E-state index contributed by atoms with van der Waals surface area (Å²) in [6.07, 6.45) is 0. The molecule has 0 aliphatic carbocycles. The van der Waals surface area contributed by atoms with Crippen LogP contribution in [0, 0.1) is 19.8 Å². The lowest BCUT2D eigenvalue weighted by Crippen LogP contribution is -2.44. The van der Waals surface area contributed by atoms with Gasteiger partial charge in [-0.15, -0.1) is 24.0 Å². The molecule has 0 bridgehead atoms. The minimum atomic E-state index is 0. The largest absolute Gasteiger partial charge is 0.379 e. The summed E-state index contributed by atoms with van der Waals surface area (Å²) in [5.74, 6) is 1.47. The maximum atomic E-state index is 5.42. The average Bonchev–Trinajstić information content (AvgIpc) is 2.59. The molecule has 1 unspecified atom stereocenters. The molecule has 148 valence electrons. The second-order valence-electron chi connectivity index (χ2n) is 7.02. The molecule has 2 rings (SSSR count). The van der Waals surface area contributed by atoms with Crippen LogP contribution in [0.3, 0.4) is 0 Å². The van der Waals surface area contributed by atoms with E-state index in [1.54, 1.807) is 0 Å². The van der Waals surface area contributed by atoms with Crippen molar-refractivity contribution in [2.75, 3.05) is 45.9 Å². The molecule has 1 aromatic rings. The maximum Gasteiger partial charge on any atom is 0.191 e. The van der Waals surface area contributed by atoms with Gasteiger partial charge in [-0.3, -0.25) is 4.90 Å². The van der Waals surface area contributed by atoms with E-state index in [1.807, 2.05) is 0 Å². The molecule has 6 heteroatoms. The van der Waals surface area contributed by atoms with Crippen molar-refractivity contribution in [1.82, 2.24) is 15.5 Å². The first-order valence-electron chi connectivity index (χ1n) is 9.47. The van der Waals surface area contributed by atoms with Crippen LogP contribution >= 0.6 is 24.0 Å². The molecule has 0 amide bonds. The second-order valence-corrected chi connectivity index (χ2v) is 7.02. The van der Waals surface area contributed by atoms with E-state index >= 15 is 0 Å². The summed E-state index contributed by atoms with van der Waals surface area (Å²) < 4.78 is 5.42. The van der Waals surface area contributed by atoms with Gasteiger partial charge in [0.1, 0.15) is 0 Å². The lowest BCUT2D eigenvalue weighted by molar-refractivity contribution is 0.0320. The van der Waals surface area contributed by atoms with Gasteiger partial charge < -0.3 is 15.4 Å². The molecule has 0 radical (unpaired) electrons. The highest BCUT2D eigenvalue weighted by Crippen LogP contribution is 2.11. The van der Waals surface area contributed by atoms with Gasteiger partial charge in [-0.1, -0.05) is 30.7 Å². The Bertz CT molecular complexity index is 559. The predicted molar refractivity (Wildman–Crippen MR) is 121 cm³/mol. The maximum absolute atomic E-state index is 5.42. The van der Waals surface area contributed by atoms with Crippen LogP contribution in [0.25, 0.3) is 0 Å². The summed E-state index contributed by atoms with van der Waals surface area (Å²) in [4.78, 5) is 7.24. The summed E-state index contributed by atoms with van der Waals surface area (Å²) in [6, 6.07) is 6.55.